The van der Waals surface area contributed by atoms with Crippen molar-refractivity contribution >= 4 is 17.5 Å². The van der Waals surface area contributed by atoms with Crippen LogP contribution in [0.2, 0.25) is 0 Å². The molecule has 0 saturated carbocycles. The van der Waals surface area contributed by atoms with Crippen LogP contribution in [-0.2, 0) is 15.8 Å². The summed E-state index contributed by atoms with van der Waals surface area (Å²) >= 11 is 0. The Labute approximate surface area is 157 Å². The van der Waals surface area contributed by atoms with Crippen molar-refractivity contribution < 1.29 is 22.8 Å². The number of nitrogens with zero attached hydrogens (tertiary/aromatic N) is 1. The molecule has 4 rings (SSSR count). The largest absolute Gasteiger partial charge is 0.416 e. The van der Waals surface area contributed by atoms with Crippen LogP contribution < -0.4 is 10.6 Å². The Morgan fingerprint density at radius 3 is 2.14 bits per heavy atom. The second-order valence-electron chi connectivity index (χ2n) is 6.47. The average Bonchev–Trinajstić information content (AvgIpc) is 3.20. The molecule has 8 heteroatoms. The summed E-state index contributed by atoms with van der Waals surface area (Å²) in [5.41, 5.74) is 0.892. The van der Waals surface area contributed by atoms with Gasteiger partial charge in [-0.2, -0.15) is 18.4 Å². The number of benzene rings is 1. The molecule has 2 amide bonds. The molecule has 140 valence electrons. The van der Waals surface area contributed by atoms with Gasteiger partial charge in [0.2, 0.25) is 0 Å². The lowest BCUT2D eigenvalue weighted by Crippen LogP contribution is -2.23. The molecular formula is C20H12F3N3O2. The van der Waals surface area contributed by atoms with Crippen molar-refractivity contribution in [2.45, 2.75) is 12.6 Å². The highest BCUT2D eigenvalue weighted by molar-refractivity contribution is 6.26. The van der Waals surface area contributed by atoms with Gasteiger partial charge in [0.05, 0.1) is 40.1 Å². The van der Waals surface area contributed by atoms with Crippen LogP contribution in [0.15, 0.2) is 64.9 Å². The highest BCUT2D eigenvalue weighted by atomic mass is 19.4. The maximum absolute atomic E-state index is 12.8. The second-order valence-corrected chi connectivity index (χ2v) is 6.47. The van der Waals surface area contributed by atoms with Gasteiger partial charge in [-0.15, -0.1) is 0 Å². The molecule has 1 atom stereocenters. The number of rotatable bonds is 2. The molecular weight excluding hydrogens is 371 g/mol. The standard InChI is InChI=1S/C20H12F3N3O2/c21-20(22,23)13-7-5-12(6-8-13)17-15-14(18(27)26-17)16(25-19(15)28)11-3-1-10(9-24)2-4-11/h1,3-8,10H,2H2,(H,25,28)(H,26,27). The van der Waals surface area contributed by atoms with Crippen LogP contribution in [0, 0.1) is 17.2 Å². The van der Waals surface area contributed by atoms with Crippen molar-refractivity contribution in [1.29, 1.82) is 5.26 Å². The minimum atomic E-state index is -4.47. The molecule has 0 saturated heterocycles. The van der Waals surface area contributed by atoms with Gasteiger partial charge in [-0.1, -0.05) is 30.4 Å². The second kappa shape index (κ2) is 6.23. The summed E-state index contributed by atoms with van der Waals surface area (Å²) in [7, 11) is 0. The Bertz CT molecular complexity index is 1070. The molecule has 0 bridgehead atoms. The smallest absolute Gasteiger partial charge is 0.321 e. The van der Waals surface area contributed by atoms with Crippen LogP contribution in [0.25, 0.3) is 5.70 Å². The normalized spacial score (nSPS) is 21.4. The van der Waals surface area contributed by atoms with Crippen LogP contribution >= 0.6 is 0 Å². The summed E-state index contributed by atoms with van der Waals surface area (Å²) in [6.45, 7) is 0. The van der Waals surface area contributed by atoms with Gasteiger partial charge in [0.15, 0.2) is 0 Å². The van der Waals surface area contributed by atoms with Gasteiger partial charge < -0.3 is 10.6 Å². The van der Waals surface area contributed by atoms with Gasteiger partial charge >= 0.3 is 6.18 Å². The van der Waals surface area contributed by atoms with Gasteiger partial charge in [-0.3, -0.25) is 9.59 Å². The zero-order valence-corrected chi connectivity index (χ0v) is 14.2. The maximum Gasteiger partial charge on any atom is 0.416 e. The van der Waals surface area contributed by atoms with Gasteiger partial charge in [-0.25, -0.2) is 0 Å². The number of amides is 2. The fourth-order valence-electron chi connectivity index (χ4n) is 3.34. The van der Waals surface area contributed by atoms with Crippen LogP contribution in [0.4, 0.5) is 13.2 Å². The van der Waals surface area contributed by atoms with E-state index in [9.17, 15) is 22.8 Å². The topological polar surface area (TPSA) is 82.0 Å². The minimum Gasteiger partial charge on any atom is -0.321 e. The molecule has 2 aliphatic heterocycles. The van der Waals surface area contributed by atoms with E-state index in [1.807, 2.05) is 0 Å². The number of alkyl halides is 3. The Morgan fingerprint density at radius 1 is 1.00 bits per heavy atom. The number of nitrogens with one attached hydrogen (secondary N) is 2. The molecule has 1 aromatic carbocycles. The van der Waals surface area contributed by atoms with E-state index in [4.69, 9.17) is 5.26 Å². The molecule has 0 spiro atoms. The third-order valence-corrected chi connectivity index (χ3v) is 4.74. The van der Waals surface area contributed by atoms with Gasteiger partial charge in [-0.05, 0) is 29.7 Å². The summed E-state index contributed by atoms with van der Waals surface area (Å²) < 4.78 is 38.3. The summed E-state index contributed by atoms with van der Waals surface area (Å²) in [4.78, 5) is 25.0. The van der Waals surface area contributed by atoms with Crippen LogP contribution in [0.5, 0.6) is 0 Å². The molecule has 1 unspecified atom stereocenters. The minimum absolute atomic E-state index is 0.108. The van der Waals surface area contributed by atoms with Crippen molar-refractivity contribution in [2.24, 2.45) is 5.92 Å². The quantitative estimate of drug-likeness (QED) is 0.824. The lowest BCUT2D eigenvalue weighted by molar-refractivity contribution is -0.137. The predicted octanol–water partition coefficient (Wildman–Crippen LogP) is 2.96. The Kier molecular flexibility index (Phi) is 3.96. The fourth-order valence-corrected chi connectivity index (χ4v) is 3.34. The molecule has 1 aliphatic carbocycles. The first-order valence-electron chi connectivity index (χ1n) is 8.37. The Hall–Kier alpha value is -3.60. The first-order chi connectivity index (χ1) is 13.3. The number of fused-ring (bicyclic) bond motifs is 1. The average molecular weight is 383 g/mol. The third-order valence-electron chi connectivity index (χ3n) is 4.74. The fraction of sp³-hybridized carbons (Fsp3) is 0.150. The van der Waals surface area contributed by atoms with Crippen LogP contribution in [0.1, 0.15) is 17.5 Å². The molecule has 2 heterocycles. The van der Waals surface area contributed by atoms with Crippen molar-refractivity contribution in [2.75, 3.05) is 0 Å². The van der Waals surface area contributed by atoms with E-state index < -0.39 is 23.6 Å². The molecule has 1 aromatic rings. The highest BCUT2D eigenvalue weighted by Crippen LogP contribution is 2.38. The summed E-state index contributed by atoms with van der Waals surface area (Å²) in [6, 6.07) is 6.36. The number of hydrogen-bond acceptors (Lipinski definition) is 3. The van der Waals surface area contributed by atoms with Crippen molar-refractivity contribution in [3.8, 4) is 6.07 Å². The summed E-state index contributed by atoms with van der Waals surface area (Å²) in [5.74, 6) is -1.27. The SMILES string of the molecule is N#CC1C=CC(C2=C3C(=O)NC(c4ccc(C(F)(F)F)cc4)=C3C(=O)N2)=CC1. The number of carbonyl (C=O) groups excluding carboxylic acids is 2. The predicted molar refractivity (Wildman–Crippen MR) is 92.6 cm³/mol. The van der Waals surface area contributed by atoms with E-state index in [-0.39, 0.29) is 22.8 Å². The highest BCUT2D eigenvalue weighted by Gasteiger charge is 2.41. The Balaban J connectivity index is 1.75. The van der Waals surface area contributed by atoms with Gasteiger partial charge in [0.25, 0.3) is 11.8 Å². The van der Waals surface area contributed by atoms with E-state index in [1.165, 1.54) is 12.1 Å². The molecule has 0 aromatic heterocycles. The summed E-state index contributed by atoms with van der Waals surface area (Å²) in [5, 5.41) is 14.2. The Morgan fingerprint density at radius 2 is 1.61 bits per heavy atom. The van der Waals surface area contributed by atoms with Gasteiger partial charge in [0.1, 0.15) is 0 Å². The number of halogens is 3. The summed E-state index contributed by atoms with van der Waals surface area (Å²) in [6.07, 6.45) is 1.12. The van der Waals surface area contributed by atoms with Crippen molar-refractivity contribution in [3.05, 3.63) is 76.0 Å². The molecule has 3 aliphatic rings. The van der Waals surface area contributed by atoms with Crippen molar-refractivity contribution in [1.82, 2.24) is 10.6 Å². The molecule has 0 radical (unpaired) electrons. The van der Waals surface area contributed by atoms with E-state index in [0.29, 0.717) is 23.3 Å². The monoisotopic (exact) mass is 383 g/mol. The molecule has 0 fully saturated rings. The third kappa shape index (κ3) is 2.81. The number of hydrogen-bond donors (Lipinski definition) is 2. The zero-order valence-electron chi connectivity index (χ0n) is 14.2. The number of carbonyl (C=O) groups is 2. The first-order valence-corrected chi connectivity index (χ1v) is 8.37. The van der Waals surface area contributed by atoms with E-state index in [1.54, 1.807) is 18.2 Å². The lowest BCUT2D eigenvalue weighted by atomic mass is 9.94. The van der Waals surface area contributed by atoms with Crippen LogP contribution in [0.3, 0.4) is 0 Å². The number of nitriles is 1. The molecule has 2 N–H and O–H groups in total. The van der Waals surface area contributed by atoms with Crippen LogP contribution in [-0.4, -0.2) is 11.8 Å². The van der Waals surface area contributed by atoms with E-state index in [0.717, 1.165) is 12.1 Å². The first kappa shape index (κ1) is 17.8. The lowest BCUT2D eigenvalue weighted by Gasteiger charge is -2.12. The van der Waals surface area contributed by atoms with E-state index in [2.05, 4.69) is 16.7 Å². The van der Waals surface area contributed by atoms with E-state index >= 15 is 0 Å². The molecule has 28 heavy (non-hydrogen) atoms. The molecule has 5 nitrogen and oxygen atoms in total. The van der Waals surface area contributed by atoms with Gasteiger partial charge in [0, 0.05) is 0 Å². The number of allylic oxidation sites excluding steroid dienone is 3. The zero-order chi connectivity index (χ0) is 20.1. The maximum atomic E-state index is 12.8. The van der Waals surface area contributed by atoms with Crippen molar-refractivity contribution in [3.63, 3.8) is 0 Å².